The second kappa shape index (κ2) is 4.53. The van der Waals surface area contributed by atoms with E-state index in [1.54, 1.807) is 0 Å². The van der Waals surface area contributed by atoms with Crippen molar-refractivity contribution in [1.82, 2.24) is 20.6 Å². The summed E-state index contributed by atoms with van der Waals surface area (Å²) in [5.74, 6) is -1.87. The summed E-state index contributed by atoms with van der Waals surface area (Å²) in [6.07, 6.45) is 0. The fourth-order valence-corrected chi connectivity index (χ4v) is 1.20. The minimum atomic E-state index is -0.836. The molecule has 1 amide bonds. The quantitative estimate of drug-likeness (QED) is 0.604. The highest BCUT2D eigenvalue weighted by Crippen LogP contribution is 2.25. The summed E-state index contributed by atoms with van der Waals surface area (Å²) in [6.45, 7) is 0. The number of tetrazole rings is 1. The third-order valence-electron chi connectivity index (χ3n) is 1.95. The van der Waals surface area contributed by atoms with Gasteiger partial charge in [0.1, 0.15) is 11.5 Å². The molecule has 0 radical (unpaired) electrons. The number of nitrogens with zero attached hydrogens (tertiary/aromatic N) is 4. The average Bonchev–Trinajstić information content (AvgIpc) is 2.81. The maximum absolute atomic E-state index is 13.0. The SMILES string of the molecule is O=C(Nc1cc(F)ccc1[N+](=O)[O-])c1nn[nH]n1. The molecule has 0 fully saturated rings. The van der Waals surface area contributed by atoms with Crippen molar-refractivity contribution in [3.8, 4) is 0 Å². The first-order chi connectivity index (χ1) is 8.58. The molecule has 10 heteroatoms. The molecular weight excluding hydrogens is 247 g/mol. The van der Waals surface area contributed by atoms with Gasteiger partial charge in [0.15, 0.2) is 0 Å². The number of carbonyl (C=O) groups excluding carboxylic acids is 1. The minimum absolute atomic E-state index is 0.283. The summed E-state index contributed by atoms with van der Waals surface area (Å²) < 4.78 is 13.0. The van der Waals surface area contributed by atoms with Crippen LogP contribution in [0, 0.1) is 15.9 Å². The molecule has 2 N–H and O–H groups in total. The highest BCUT2D eigenvalue weighted by Gasteiger charge is 2.19. The number of carbonyl (C=O) groups is 1. The Morgan fingerprint density at radius 3 is 2.89 bits per heavy atom. The number of amides is 1. The van der Waals surface area contributed by atoms with E-state index in [1.165, 1.54) is 0 Å². The average molecular weight is 252 g/mol. The molecule has 0 atom stereocenters. The van der Waals surface area contributed by atoms with E-state index in [9.17, 15) is 19.3 Å². The molecule has 2 aromatic rings. The van der Waals surface area contributed by atoms with Gasteiger partial charge in [0.05, 0.1) is 4.92 Å². The van der Waals surface area contributed by atoms with Crippen molar-refractivity contribution in [2.24, 2.45) is 0 Å². The lowest BCUT2D eigenvalue weighted by molar-refractivity contribution is -0.384. The van der Waals surface area contributed by atoms with Crippen molar-refractivity contribution >= 4 is 17.3 Å². The maximum Gasteiger partial charge on any atom is 0.297 e. The molecule has 0 spiro atoms. The van der Waals surface area contributed by atoms with Crippen LogP contribution in [0.25, 0.3) is 0 Å². The Morgan fingerprint density at radius 1 is 1.50 bits per heavy atom. The van der Waals surface area contributed by atoms with Gasteiger partial charge >= 0.3 is 0 Å². The van der Waals surface area contributed by atoms with E-state index < -0.39 is 22.3 Å². The second-order valence-corrected chi connectivity index (χ2v) is 3.11. The molecule has 0 aliphatic heterocycles. The number of hydrogen-bond acceptors (Lipinski definition) is 6. The van der Waals surface area contributed by atoms with Crippen LogP contribution >= 0.6 is 0 Å². The van der Waals surface area contributed by atoms with Gasteiger partial charge in [-0.15, -0.1) is 10.2 Å². The molecule has 1 aromatic heterocycles. The van der Waals surface area contributed by atoms with Crippen molar-refractivity contribution in [1.29, 1.82) is 0 Å². The fraction of sp³-hybridized carbons (Fsp3) is 0. The molecule has 0 aliphatic rings. The molecule has 92 valence electrons. The van der Waals surface area contributed by atoms with Crippen LogP contribution in [-0.2, 0) is 0 Å². The van der Waals surface area contributed by atoms with E-state index in [4.69, 9.17) is 0 Å². The Labute approximate surface area is 98.2 Å². The summed E-state index contributed by atoms with van der Waals surface area (Å²) in [5, 5.41) is 24.8. The zero-order valence-corrected chi connectivity index (χ0v) is 8.62. The highest BCUT2D eigenvalue weighted by molar-refractivity contribution is 6.02. The van der Waals surface area contributed by atoms with Crippen LogP contribution in [0.5, 0.6) is 0 Å². The normalized spacial score (nSPS) is 10.1. The lowest BCUT2D eigenvalue weighted by atomic mass is 10.2. The number of aromatic amines is 1. The molecule has 0 saturated heterocycles. The van der Waals surface area contributed by atoms with Crippen molar-refractivity contribution in [3.63, 3.8) is 0 Å². The number of nitrogens with one attached hydrogen (secondary N) is 2. The first-order valence-corrected chi connectivity index (χ1v) is 4.56. The van der Waals surface area contributed by atoms with Gasteiger partial charge in [-0.2, -0.15) is 5.21 Å². The zero-order chi connectivity index (χ0) is 13.1. The monoisotopic (exact) mass is 252 g/mol. The molecule has 2 rings (SSSR count). The number of anilines is 1. The number of hydrogen-bond donors (Lipinski definition) is 2. The van der Waals surface area contributed by atoms with Crippen LogP contribution < -0.4 is 5.32 Å². The molecular formula is C8H5FN6O3. The van der Waals surface area contributed by atoms with Crippen molar-refractivity contribution < 1.29 is 14.1 Å². The summed E-state index contributed by atoms with van der Waals surface area (Å²) in [4.78, 5) is 21.5. The summed E-state index contributed by atoms with van der Waals surface area (Å²) in [6, 6.07) is 2.69. The van der Waals surface area contributed by atoms with Gasteiger partial charge in [-0.3, -0.25) is 14.9 Å². The van der Waals surface area contributed by atoms with Crippen molar-refractivity contribution in [3.05, 3.63) is 40.0 Å². The van der Waals surface area contributed by atoms with Crippen LogP contribution in [0.4, 0.5) is 15.8 Å². The van der Waals surface area contributed by atoms with Crippen LogP contribution in [0.1, 0.15) is 10.6 Å². The van der Waals surface area contributed by atoms with Crippen LogP contribution in [0.15, 0.2) is 18.2 Å². The Morgan fingerprint density at radius 2 is 2.28 bits per heavy atom. The number of H-pyrrole nitrogens is 1. The van der Waals surface area contributed by atoms with Gasteiger partial charge in [-0.1, -0.05) is 0 Å². The topological polar surface area (TPSA) is 127 Å². The standard InChI is InChI=1S/C8H5FN6O3/c9-4-1-2-6(15(17)18)5(3-4)10-8(16)7-11-13-14-12-7/h1-3H,(H,10,16)(H,11,12,13,14). The predicted octanol–water partition coefficient (Wildman–Crippen LogP) is 0.499. The Hall–Kier alpha value is -2.91. The Balaban J connectivity index is 2.31. The van der Waals surface area contributed by atoms with Gasteiger partial charge in [0.25, 0.3) is 17.4 Å². The van der Waals surface area contributed by atoms with Crippen LogP contribution in [-0.4, -0.2) is 31.5 Å². The van der Waals surface area contributed by atoms with Gasteiger partial charge in [0.2, 0.25) is 0 Å². The lowest BCUT2D eigenvalue weighted by Crippen LogP contribution is -2.15. The molecule has 1 aromatic carbocycles. The number of rotatable bonds is 3. The molecule has 0 aliphatic carbocycles. The van der Waals surface area contributed by atoms with Crippen LogP contribution in [0.3, 0.4) is 0 Å². The second-order valence-electron chi connectivity index (χ2n) is 3.11. The van der Waals surface area contributed by atoms with E-state index in [1.807, 2.05) is 0 Å². The smallest absolute Gasteiger partial charge is 0.297 e. The van der Waals surface area contributed by atoms with Gasteiger partial charge in [-0.25, -0.2) is 4.39 Å². The Bertz CT molecular complexity index is 599. The molecule has 0 saturated carbocycles. The number of aromatic nitrogens is 4. The lowest BCUT2D eigenvalue weighted by Gasteiger charge is -2.03. The van der Waals surface area contributed by atoms with E-state index in [0.29, 0.717) is 0 Å². The number of benzene rings is 1. The molecule has 9 nitrogen and oxygen atoms in total. The largest absolute Gasteiger partial charge is 0.313 e. The third kappa shape index (κ3) is 2.26. The number of nitro groups is 1. The van der Waals surface area contributed by atoms with Crippen molar-refractivity contribution in [2.45, 2.75) is 0 Å². The van der Waals surface area contributed by atoms with E-state index >= 15 is 0 Å². The molecule has 0 bridgehead atoms. The van der Waals surface area contributed by atoms with E-state index in [0.717, 1.165) is 18.2 Å². The maximum atomic E-state index is 13.0. The van der Waals surface area contributed by atoms with Gasteiger partial charge < -0.3 is 5.32 Å². The molecule has 0 unspecified atom stereocenters. The molecule has 18 heavy (non-hydrogen) atoms. The molecule has 1 heterocycles. The Kier molecular flexibility index (Phi) is 2.91. The summed E-state index contributed by atoms with van der Waals surface area (Å²) >= 11 is 0. The predicted molar refractivity (Wildman–Crippen MR) is 55.2 cm³/mol. The fourth-order valence-electron chi connectivity index (χ4n) is 1.20. The number of halogens is 1. The number of nitro benzene ring substituents is 1. The van der Waals surface area contributed by atoms with E-state index in [-0.39, 0.29) is 11.5 Å². The van der Waals surface area contributed by atoms with Crippen molar-refractivity contribution in [2.75, 3.05) is 5.32 Å². The minimum Gasteiger partial charge on any atom is -0.313 e. The summed E-state index contributed by atoms with van der Waals surface area (Å²) in [5.41, 5.74) is -0.719. The summed E-state index contributed by atoms with van der Waals surface area (Å²) in [7, 11) is 0. The van der Waals surface area contributed by atoms with Crippen LogP contribution in [0.2, 0.25) is 0 Å². The highest BCUT2D eigenvalue weighted by atomic mass is 19.1. The van der Waals surface area contributed by atoms with E-state index in [2.05, 4.69) is 25.9 Å². The van der Waals surface area contributed by atoms with Gasteiger partial charge in [-0.05, 0) is 11.3 Å². The first-order valence-electron chi connectivity index (χ1n) is 4.56. The zero-order valence-electron chi connectivity index (χ0n) is 8.62. The first kappa shape index (κ1) is 11.6. The van der Waals surface area contributed by atoms with Gasteiger partial charge in [0, 0.05) is 12.1 Å². The third-order valence-corrected chi connectivity index (χ3v) is 1.95.